The fourth-order valence-electron chi connectivity index (χ4n) is 6.42. The summed E-state index contributed by atoms with van der Waals surface area (Å²) in [5.41, 5.74) is 1.38. The van der Waals surface area contributed by atoms with Crippen LogP contribution >= 0.6 is 22.6 Å². The quantitative estimate of drug-likeness (QED) is 0.535. The number of piperidine rings is 1. The van der Waals surface area contributed by atoms with Crippen LogP contribution in [0.2, 0.25) is 0 Å². The maximum Gasteiger partial charge on any atom is 0.165 e. The van der Waals surface area contributed by atoms with Crippen LogP contribution < -0.4 is 4.74 Å². The van der Waals surface area contributed by atoms with Crippen LogP contribution in [-0.4, -0.2) is 49.9 Å². The third kappa shape index (κ3) is 1.76. The van der Waals surface area contributed by atoms with Crippen molar-refractivity contribution >= 4 is 22.6 Å². The molecule has 2 N–H and O–H groups in total. The minimum Gasteiger partial charge on any atom is -0.504 e. The molecule has 0 aromatic heterocycles. The molecule has 25 heavy (non-hydrogen) atoms. The topological polar surface area (TPSA) is 52.9 Å². The zero-order chi connectivity index (χ0) is 17.0. The summed E-state index contributed by atoms with van der Waals surface area (Å²) in [5, 5.41) is 22.6. The van der Waals surface area contributed by atoms with Gasteiger partial charge in [0.2, 0.25) is 0 Å². The van der Waals surface area contributed by atoms with Crippen LogP contribution in [0, 0.1) is 5.92 Å². The van der Waals surface area contributed by atoms with Gasteiger partial charge in [-0.05, 0) is 62.6 Å². The number of likely N-dealkylation sites (tertiary alicyclic amines) is 1. The lowest BCUT2D eigenvalue weighted by atomic mass is 9.49. The second kappa shape index (κ2) is 4.84. The molecule has 3 aliphatic carbocycles. The second-order valence-electron chi connectivity index (χ2n) is 8.84. The van der Waals surface area contributed by atoms with Crippen LogP contribution in [0.5, 0.6) is 11.5 Å². The number of aromatic hydroxyl groups is 1. The zero-order valence-electron chi connectivity index (χ0n) is 14.2. The highest BCUT2D eigenvalue weighted by molar-refractivity contribution is 14.1. The first-order valence-electron chi connectivity index (χ1n) is 9.67. The fraction of sp³-hybridized carbons (Fsp3) is 0.700. The van der Waals surface area contributed by atoms with Crippen LogP contribution in [0.3, 0.4) is 0 Å². The summed E-state index contributed by atoms with van der Waals surface area (Å²) in [5.74, 6) is 1.75. The highest BCUT2D eigenvalue weighted by atomic mass is 127. The molecule has 6 rings (SSSR count). The number of phenols is 1. The van der Waals surface area contributed by atoms with Gasteiger partial charge in [-0.3, -0.25) is 4.90 Å². The molecule has 2 aliphatic heterocycles. The molecule has 1 unspecified atom stereocenters. The molecule has 1 spiro atoms. The first-order valence-corrected chi connectivity index (χ1v) is 10.9. The van der Waals surface area contributed by atoms with Gasteiger partial charge in [0.1, 0.15) is 6.10 Å². The van der Waals surface area contributed by atoms with Crippen molar-refractivity contribution in [2.45, 2.75) is 65.6 Å². The summed E-state index contributed by atoms with van der Waals surface area (Å²) in [6.45, 7) is 2.18. The number of ether oxygens (including phenoxy) is 1. The average Bonchev–Trinajstić information content (AvgIpc) is 3.32. The van der Waals surface area contributed by atoms with Gasteiger partial charge in [0, 0.05) is 22.1 Å². The van der Waals surface area contributed by atoms with Gasteiger partial charge >= 0.3 is 0 Å². The number of halogens is 1. The second-order valence-corrected chi connectivity index (χ2v) is 10.4. The highest BCUT2D eigenvalue weighted by Crippen LogP contribution is 2.66. The van der Waals surface area contributed by atoms with E-state index in [1.54, 1.807) is 6.07 Å². The molecule has 1 aromatic rings. The maximum absolute atomic E-state index is 12.1. The van der Waals surface area contributed by atoms with Gasteiger partial charge in [0.25, 0.3) is 0 Å². The SMILES string of the molecule is Oc1ccc2c3c1O[C@H]1[C@H](I)CCC4(O)[C@@H](C2)N(CC2CC2)CC[C@]314. The molecule has 2 saturated carbocycles. The number of hydrogen-bond donors (Lipinski definition) is 2. The Morgan fingerprint density at radius 3 is 2.88 bits per heavy atom. The highest BCUT2D eigenvalue weighted by Gasteiger charge is 2.72. The number of phenolic OH excluding ortho intramolecular Hbond substituents is 1. The van der Waals surface area contributed by atoms with E-state index in [1.807, 2.05) is 0 Å². The summed E-state index contributed by atoms with van der Waals surface area (Å²) >= 11 is 2.50. The van der Waals surface area contributed by atoms with E-state index in [0.29, 0.717) is 9.67 Å². The number of hydrogen-bond acceptors (Lipinski definition) is 4. The van der Waals surface area contributed by atoms with Crippen LogP contribution in [0.4, 0.5) is 0 Å². The van der Waals surface area contributed by atoms with Crippen molar-refractivity contribution in [2.24, 2.45) is 5.92 Å². The van der Waals surface area contributed by atoms with Gasteiger partial charge in [0.15, 0.2) is 11.5 Å². The van der Waals surface area contributed by atoms with E-state index in [9.17, 15) is 10.2 Å². The normalized spacial score (nSPS) is 44.3. The summed E-state index contributed by atoms with van der Waals surface area (Å²) in [6.07, 6.45) is 6.35. The minimum absolute atomic E-state index is 0.0141. The molecule has 5 aliphatic rings. The molecule has 2 heterocycles. The Hall–Kier alpha value is -0.530. The van der Waals surface area contributed by atoms with Gasteiger partial charge in [-0.25, -0.2) is 0 Å². The summed E-state index contributed by atoms with van der Waals surface area (Å²) < 4.78 is 6.76. The Balaban J connectivity index is 1.57. The Labute approximate surface area is 161 Å². The van der Waals surface area contributed by atoms with Crippen molar-refractivity contribution in [3.8, 4) is 11.5 Å². The van der Waals surface area contributed by atoms with E-state index in [0.717, 1.165) is 50.3 Å². The van der Waals surface area contributed by atoms with Gasteiger partial charge in [-0.1, -0.05) is 28.7 Å². The van der Waals surface area contributed by atoms with E-state index in [-0.39, 0.29) is 23.3 Å². The Morgan fingerprint density at radius 2 is 2.08 bits per heavy atom. The number of nitrogens with zero attached hydrogens (tertiary/aromatic N) is 1. The van der Waals surface area contributed by atoms with E-state index in [1.165, 1.54) is 18.4 Å². The van der Waals surface area contributed by atoms with Crippen LogP contribution in [0.25, 0.3) is 0 Å². The monoisotopic (exact) mass is 453 g/mol. The lowest BCUT2D eigenvalue weighted by molar-refractivity contribution is -0.182. The fourth-order valence-corrected chi connectivity index (χ4v) is 7.49. The molecule has 1 aromatic carbocycles. The molecule has 0 radical (unpaired) electrons. The largest absolute Gasteiger partial charge is 0.504 e. The predicted octanol–water partition coefficient (Wildman–Crippen LogP) is 2.76. The lowest BCUT2D eigenvalue weighted by Gasteiger charge is -2.63. The molecular weight excluding hydrogens is 429 g/mol. The number of alkyl halides is 1. The molecule has 0 amide bonds. The van der Waals surface area contributed by atoms with Crippen molar-refractivity contribution in [3.05, 3.63) is 23.3 Å². The van der Waals surface area contributed by atoms with Crippen LogP contribution in [-0.2, 0) is 11.8 Å². The van der Waals surface area contributed by atoms with Crippen molar-refractivity contribution in [1.82, 2.24) is 4.90 Å². The molecule has 2 bridgehead atoms. The van der Waals surface area contributed by atoms with Crippen molar-refractivity contribution in [2.75, 3.05) is 13.1 Å². The molecule has 1 saturated heterocycles. The van der Waals surface area contributed by atoms with Crippen LogP contribution in [0.1, 0.15) is 43.2 Å². The standard InChI is InChI=1S/C20H24INO3/c21-13-5-6-20(24)15-9-12-3-4-14(23)17-16(12)19(20,18(13)25-17)7-8-22(15)10-11-1-2-11/h3-4,11,13,15,18,23-24H,1-2,5-10H2/t13-,15-,18+,19+,20?/m1/s1. The third-order valence-corrected chi connectivity index (χ3v) is 8.97. The first-order chi connectivity index (χ1) is 12.0. The molecular formula is C20H24INO3. The average molecular weight is 453 g/mol. The summed E-state index contributed by atoms with van der Waals surface area (Å²) in [6, 6.07) is 4.06. The molecule has 4 nitrogen and oxygen atoms in total. The summed E-state index contributed by atoms with van der Waals surface area (Å²) in [4.78, 5) is 2.58. The third-order valence-electron chi connectivity index (χ3n) is 7.69. The Kier molecular flexibility index (Phi) is 3.01. The molecule has 5 atom stereocenters. The van der Waals surface area contributed by atoms with E-state index in [2.05, 4.69) is 33.6 Å². The van der Waals surface area contributed by atoms with E-state index < -0.39 is 5.60 Å². The minimum atomic E-state index is -0.724. The van der Waals surface area contributed by atoms with Gasteiger partial charge in [-0.15, -0.1) is 0 Å². The molecule has 134 valence electrons. The summed E-state index contributed by atoms with van der Waals surface area (Å²) in [7, 11) is 0. The van der Waals surface area contributed by atoms with Crippen molar-refractivity contribution < 1.29 is 14.9 Å². The predicted molar refractivity (Wildman–Crippen MR) is 103 cm³/mol. The van der Waals surface area contributed by atoms with Gasteiger partial charge in [0.05, 0.1) is 11.0 Å². The number of rotatable bonds is 2. The lowest BCUT2D eigenvalue weighted by Crippen LogP contribution is -2.76. The van der Waals surface area contributed by atoms with E-state index in [4.69, 9.17) is 4.74 Å². The molecule has 5 heteroatoms. The van der Waals surface area contributed by atoms with Gasteiger partial charge < -0.3 is 14.9 Å². The smallest absolute Gasteiger partial charge is 0.165 e. The molecule has 3 fully saturated rings. The maximum atomic E-state index is 12.1. The Bertz CT molecular complexity index is 766. The first kappa shape index (κ1) is 15.5. The van der Waals surface area contributed by atoms with Crippen molar-refractivity contribution in [1.29, 1.82) is 0 Å². The van der Waals surface area contributed by atoms with Crippen molar-refractivity contribution in [3.63, 3.8) is 0 Å². The number of aliphatic hydroxyl groups is 1. The van der Waals surface area contributed by atoms with Crippen LogP contribution in [0.15, 0.2) is 12.1 Å². The van der Waals surface area contributed by atoms with E-state index >= 15 is 0 Å². The zero-order valence-corrected chi connectivity index (χ0v) is 16.4. The number of benzene rings is 1. The van der Waals surface area contributed by atoms with Gasteiger partial charge in [-0.2, -0.15) is 0 Å². The Morgan fingerprint density at radius 1 is 1.24 bits per heavy atom.